The van der Waals surface area contributed by atoms with E-state index in [4.69, 9.17) is 5.73 Å². The van der Waals surface area contributed by atoms with Crippen molar-refractivity contribution in [3.63, 3.8) is 0 Å². The van der Waals surface area contributed by atoms with E-state index in [-0.39, 0.29) is 5.56 Å². The van der Waals surface area contributed by atoms with E-state index in [0.717, 1.165) is 0 Å². The van der Waals surface area contributed by atoms with Gasteiger partial charge in [0, 0.05) is 19.3 Å². The van der Waals surface area contributed by atoms with Crippen LogP contribution in [0.4, 0.5) is 0 Å². The first-order chi connectivity index (χ1) is 7.25. The predicted octanol–water partition coefficient (Wildman–Crippen LogP) is -0.380. The first kappa shape index (κ1) is 11.2. The van der Waals surface area contributed by atoms with E-state index in [2.05, 4.69) is 10.3 Å². The first-order valence-corrected chi connectivity index (χ1v) is 4.56. The Morgan fingerprint density at radius 2 is 2.33 bits per heavy atom. The van der Waals surface area contributed by atoms with Crippen LogP contribution in [0.2, 0.25) is 0 Å². The quantitative estimate of drug-likeness (QED) is 0.588. The van der Waals surface area contributed by atoms with Gasteiger partial charge in [0.15, 0.2) is 0 Å². The Hall–Kier alpha value is -1.88. The summed E-state index contributed by atoms with van der Waals surface area (Å²) in [5.41, 5.74) is 4.95. The molecule has 0 radical (unpaired) electrons. The number of aromatic amines is 1. The zero-order valence-electron chi connectivity index (χ0n) is 8.19. The largest absolute Gasteiger partial charge is 0.348 e. The van der Waals surface area contributed by atoms with Crippen LogP contribution < -0.4 is 16.6 Å². The van der Waals surface area contributed by atoms with Crippen molar-refractivity contribution in [3.05, 3.63) is 46.4 Å². The molecule has 15 heavy (non-hydrogen) atoms. The van der Waals surface area contributed by atoms with Gasteiger partial charge in [0.2, 0.25) is 0 Å². The van der Waals surface area contributed by atoms with Crippen molar-refractivity contribution >= 4 is 5.91 Å². The number of carbonyl (C=O) groups excluding carboxylic acids is 1. The van der Waals surface area contributed by atoms with Crippen LogP contribution in [0.15, 0.2) is 35.3 Å². The molecule has 1 heterocycles. The summed E-state index contributed by atoms with van der Waals surface area (Å²) >= 11 is 0. The SMILES string of the molecule is NC/C=C/CNC(=O)c1ccc[nH]c1=O. The van der Waals surface area contributed by atoms with Crippen molar-refractivity contribution in [3.8, 4) is 0 Å². The van der Waals surface area contributed by atoms with Gasteiger partial charge in [-0.25, -0.2) is 0 Å². The molecule has 4 N–H and O–H groups in total. The molecule has 0 fully saturated rings. The molecule has 0 saturated carbocycles. The lowest BCUT2D eigenvalue weighted by molar-refractivity contribution is 0.0956. The van der Waals surface area contributed by atoms with Gasteiger partial charge in [-0.3, -0.25) is 9.59 Å². The number of hydrogen-bond donors (Lipinski definition) is 3. The van der Waals surface area contributed by atoms with Crippen molar-refractivity contribution in [1.82, 2.24) is 10.3 Å². The third kappa shape index (κ3) is 3.40. The third-order valence-corrected chi connectivity index (χ3v) is 1.75. The zero-order valence-corrected chi connectivity index (χ0v) is 8.19. The lowest BCUT2D eigenvalue weighted by atomic mass is 10.2. The molecule has 0 spiro atoms. The fourth-order valence-corrected chi connectivity index (χ4v) is 1.03. The second-order valence-electron chi connectivity index (χ2n) is 2.83. The second kappa shape index (κ2) is 5.77. The van der Waals surface area contributed by atoms with Gasteiger partial charge in [-0.2, -0.15) is 0 Å². The number of amides is 1. The van der Waals surface area contributed by atoms with Gasteiger partial charge in [0.1, 0.15) is 5.56 Å². The molecule has 1 aromatic rings. The molecule has 1 aromatic heterocycles. The van der Waals surface area contributed by atoms with Crippen molar-refractivity contribution in [1.29, 1.82) is 0 Å². The molecule has 5 nitrogen and oxygen atoms in total. The Balaban J connectivity index is 2.58. The number of hydrogen-bond acceptors (Lipinski definition) is 3. The minimum absolute atomic E-state index is 0.110. The van der Waals surface area contributed by atoms with E-state index >= 15 is 0 Å². The van der Waals surface area contributed by atoms with E-state index in [0.29, 0.717) is 13.1 Å². The van der Waals surface area contributed by atoms with Crippen LogP contribution >= 0.6 is 0 Å². The Morgan fingerprint density at radius 1 is 1.53 bits per heavy atom. The number of nitrogens with two attached hydrogens (primary N) is 1. The van der Waals surface area contributed by atoms with Crippen LogP contribution in [0, 0.1) is 0 Å². The summed E-state index contributed by atoms with van der Waals surface area (Å²) in [4.78, 5) is 25.1. The van der Waals surface area contributed by atoms with E-state index in [9.17, 15) is 9.59 Å². The number of H-pyrrole nitrogens is 1. The Labute approximate surface area is 87.0 Å². The summed E-state index contributed by atoms with van der Waals surface area (Å²) < 4.78 is 0. The lowest BCUT2D eigenvalue weighted by Gasteiger charge is -2.00. The van der Waals surface area contributed by atoms with E-state index in [1.54, 1.807) is 18.2 Å². The Bertz CT molecular complexity index is 409. The summed E-state index contributed by atoms with van der Waals surface area (Å²) in [5.74, 6) is -0.390. The minimum atomic E-state index is -0.391. The van der Waals surface area contributed by atoms with Crippen LogP contribution in [0.3, 0.4) is 0 Å². The maximum atomic E-state index is 11.4. The Morgan fingerprint density at radius 3 is 3.00 bits per heavy atom. The molecular formula is C10H13N3O2. The van der Waals surface area contributed by atoms with Gasteiger partial charge in [-0.1, -0.05) is 12.2 Å². The molecule has 5 heteroatoms. The van der Waals surface area contributed by atoms with Crippen molar-refractivity contribution in [2.45, 2.75) is 0 Å². The normalized spacial score (nSPS) is 10.5. The molecule has 0 aliphatic carbocycles. The lowest BCUT2D eigenvalue weighted by Crippen LogP contribution is -2.29. The standard InChI is InChI=1S/C10H13N3O2/c11-5-1-2-6-12-9(14)8-4-3-7-13-10(8)15/h1-4,7H,5-6,11H2,(H,12,14)(H,13,15)/b2-1+. The van der Waals surface area contributed by atoms with Crippen molar-refractivity contribution in [2.24, 2.45) is 5.73 Å². The van der Waals surface area contributed by atoms with Crippen LogP contribution in [-0.4, -0.2) is 24.0 Å². The smallest absolute Gasteiger partial charge is 0.260 e. The molecule has 0 aromatic carbocycles. The predicted molar refractivity (Wildman–Crippen MR) is 57.6 cm³/mol. The van der Waals surface area contributed by atoms with Crippen molar-refractivity contribution in [2.75, 3.05) is 13.1 Å². The molecule has 0 saturated heterocycles. The summed E-state index contributed by atoms with van der Waals surface area (Å²) in [6.07, 6.45) is 4.94. The van der Waals surface area contributed by atoms with E-state index < -0.39 is 11.5 Å². The average Bonchev–Trinajstić information content (AvgIpc) is 2.25. The van der Waals surface area contributed by atoms with Crippen LogP contribution in [0.5, 0.6) is 0 Å². The molecule has 1 amide bonds. The summed E-state index contributed by atoms with van der Waals surface area (Å²) in [6.45, 7) is 0.798. The molecule has 0 atom stereocenters. The van der Waals surface area contributed by atoms with Gasteiger partial charge >= 0.3 is 0 Å². The highest BCUT2D eigenvalue weighted by Crippen LogP contribution is 1.88. The minimum Gasteiger partial charge on any atom is -0.348 e. The third-order valence-electron chi connectivity index (χ3n) is 1.75. The number of rotatable bonds is 4. The molecular weight excluding hydrogens is 194 g/mol. The highest BCUT2D eigenvalue weighted by molar-refractivity contribution is 5.93. The van der Waals surface area contributed by atoms with Crippen LogP contribution in [0.25, 0.3) is 0 Å². The Kier molecular flexibility index (Phi) is 4.30. The maximum absolute atomic E-state index is 11.4. The zero-order chi connectivity index (χ0) is 11.1. The summed E-state index contributed by atoms with van der Waals surface area (Å²) in [5, 5.41) is 2.57. The number of nitrogens with one attached hydrogen (secondary N) is 2. The number of aromatic nitrogens is 1. The number of pyridine rings is 1. The number of carbonyl (C=O) groups is 1. The van der Waals surface area contributed by atoms with E-state index in [1.165, 1.54) is 12.3 Å². The van der Waals surface area contributed by atoms with Gasteiger partial charge in [-0.15, -0.1) is 0 Å². The molecule has 0 aliphatic rings. The molecule has 1 rings (SSSR count). The summed E-state index contributed by atoms with van der Waals surface area (Å²) in [6, 6.07) is 3.08. The average molecular weight is 207 g/mol. The topological polar surface area (TPSA) is 88.0 Å². The first-order valence-electron chi connectivity index (χ1n) is 4.56. The monoisotopic (exact) mass is 207 g/mol. The van der Waals surface area contributed by atoms with Gasteiger partial charge in [-0.05, 0) is 12.1 Å². The van der Waals surface area contributed by atoms with Gasteiger partial charge < -0.3 is 16.0 Å². The fraction of sp³-hybridized carbons (Fsp3) is 0.200. The second-order valence-corrected chi connectivity index (χ2v) is 2.83. The summed E-state index contributed by atoms with van der Waals surface area (Å²) in [7, 11) is 0. The van der Waals surface area contributed by atoms with Gasteiger partial charge in [0.25, 0.3) is 11.5 Å². The molecule has 0 unspecified atom stereocenters. The molecule has 80 valence electrons. The highest BCUT2D eigenvalue weighted by Gasteiger charge is 2.06. The highest BCUT2D eigenvalue weighted by atomic mass is 16.2. The van der Waals surface area contributed by atoms with Crippen molar-refractivity contribution < 1.29 is 4.79 Å². The van der Waals surface area contributed by atoms with Gasteiger partial charge in [0.05, 0.1) is 0 Å². The molecule has 0 bridgehead atoms. The van der Waals surface area contributed by atoms with E-state index in [1.807, 2.05) is 0 Å². The maximum Gasteiger partial charge on any atom is 0.260 e. The fourth-order valence-electron chi connectivity index (χ4n) is 1.03. The van der Waals surface area contributed by atoms with Crippen LogP contribution in [0.1, 0.15) is 10.4 Å². The molecule has 0 aliphatic heterocycles. The van der Waals surface area contributed by atoms with Crippen LogP contribution in [-0.2, 0) is 0 Å².